The van der Waals surface area contributed by atoms with Gasteiger partial charge in [-0.05, 0) is 45.1 Å². The van der Waals surface area contributed by atoms with Gasteiger partial charge in [-0.2, -0.15) is 9.61 Å². The van der Waals surface area contributed by atoms with E-state index in [1.165, 1.54) is 17.8 Å². The number of nitrogens with zero attached hydrogens (tertiary/aromatic N) is 4. The van der Waals surface area contributed by atoms with Crippen molar-refractivity contribution in [2.45, 2.75) is 41.0 Å². The smallest absolute Gasteiger partial charge is 0.161 e. The molecular formula is C22H28N4. The predicted octanol–water partition coefficient (Wildman–Crippen LogP) is 4.80. The average Bonchev–Trinajstić information content (AvgIpc) is 2.90. The lowest BCUT2D eigenvalue weighted by Gasteiger charge is -2.36. The summed E-state index contributed by atoms with van der Waals surface area (Å²) in [6.07, 6.45) is 1.30. The molecule has 4 heteroatoms. The highest BCUT2D eigenvalue weighted by Crippen LogP contribution is 2.31. The minimum absolute atomic E-state index is 0.704. The van der Waals surface area contributed by atoms with Crippen LogP contribution in [0.2, 0.25) is 0 Å². The highest BCUT2D eigenvalue weighted by atomic mass is 15.4. The Kier molecular flexibility index (Phi) is 4.22. The number of hydrogen-bond donors (Lipinski definition) is 0. The van der Waals surface area contributed by atoms with Crippen molar-refractivity contribution >= 4 is 11.5 Å². The Morgan fingerprint density at radius 3 is 2.42 bits per heavy atom. The standard InChI is InChI=1S/C22H28N4/c1-14-7-6-8-19(10-14)21-18(5)22-23-17(4)11-20(26(22)24-21)25-12-15(2)9-16(3)13-25/h6-8,10-11,15-16H,9,12-13H2,1-5H3. The molecule has 1 aliphatic heterocycles. The van der Waals surface area contributed by atoms with Crippen molar-refractivity contribution in [1.82, 2.24) is 14.6 Å². The van der Waals surface area contributed by atoms with E-state index in [4.69, 9.17) is 10.1 Å². The fourth-order valence-electron chi connectivity index (χ4n) is 4.37. The maximum atomic E-state index is 5.00. The number of rotatable bonds is 2. The van der Waals surface area contributed by atoms with Gasteiger partial charge in [0.15, 0.2) is 5.65 Å². The third-order valence-electron chi connectivity index (χ3n) is 5.41. The van der Waals surface area contributed by atoms with Gasteiger partial charge in [-0.25, -0.2) is 4.98 Å². The Labute approximate surface area is 155 Å². The van der Waals surface area contributed by atoms with Gasteiger partial charge in [-0.3, -0.25) is 0 Å². The molecule has 0 bridgehead atoms. The SMILES string of the molecule is Cc1cccc(-c2nn3c(N4CC(C)CC(C)C4)cc(C)nc3c2C)c1. The summed E-state index contributed by atoms with van der Waals surface area (Å²) in [5.41, 5.74) is 6.63. The van der Waals surface area contributed by atoms with Gasteiger partial charge in [-0.15, -0.1) is 0 Å². The van der Waals surface area contributed by atoms with E-state index in [0.717, 1.165) is 41.3 Å². The second kappa shape index (κ2) is 6.42. The molecule has 0 aliphatic carbocycles. The summed E-state index contributed by atoms with van der Waals surface area (Å²) in [7, 11) is 0. The second-order valence-electron chi connectivity index (χ2n) is 8.19. The van der Waals surface area contributed by atoms with Crippen LogP contribution in [0.4, 0.5) is 5.82 Å². The van der Waals surface area contributed by atoms with E-state index in [0.29, 0.717) is 11.8 Å². The van der Waals surface area contributed by atoms with Gasteiger partial charge in [0.2, 0.25) is 0 Å². The molecule has 0 N–H and O–H groups in total. The van der Waals surface area contributed by atoms with Crippen LogP contribution in [-0.2, 0) is 0 Å². The number of fused-ring (bicyclic) bond motifs is 1. The molecule has 3 heterocycles. The maximum Gasteiger partial charge on any atom is 0.161 e. The molecule has 0 amide bonds. The average molecular weight is 348 g/mol. The summed E-state index contributed by atoms with van der Waals surface area (Å²) in [6, 6.07) is 10.7. The summed E-state index contributed by atoms with van der Waals surface area (Å²) >= 11 is 0. The molecular weight excluding hydrogens is 320 g/mol. The van der Waals surface area contributed by atoms with Gasteiger partial charge in [0.05, 0.1) is 5.69 Å². The van der Waals surface area contributed by atoms with Crippen LogP contribution >= 0.6 is 0 Å². The minimum atomic E-state index is 0.704. The Bertz CT molecular complexity index is 946. The normalized spacial score (nSPS) is 20.7. The number of aryl methyl sites for hydroxylation is 3. The minimum Gasteiger partial charge on any atom is -0.356 e. The van der Waals surface area contributed by atoms with Crippen LogP contribution in [0, 0.1) is 32.6 Å². The van der Waals surface area contributed by atoms with Crippen LogP contribution in [0.5, 0.6) is 0 Å². The Balaban J connectivity index is 1.88. The molecule has 0 radical (unpaired) electrons. The molecule has 2 unspecified atom stereocenters. The van der Waals surface area contributed by atoms with Crippen LogP contribution < -0.4 is 4.90 Å². The zero-order valence-electron chi connectivity index (χ0n) is 16.5. The monoisotopic (exact) mass is 348 g/mol. The molecule has 4 nitrogen and oxygen atoms in total. The Morgan fingerprint density at radius 1 is 1.00 bits per heavy atom. The number of aromatic nitrogens is 3. The topological polar surface area (TPSA) is 33.4 Å². The van der Waals surface area contributed by atoms with E-state index in [1.54, 1.807) is 0 Å². The van der Waals surface area contributed by atoms with E-state index in [-0.39, 0.29) is 0 Å². The van der Waals surface area contributed by atoms with Gasteiger partial charge in [-0.1, -0.05) is 37.6 Å². The summed E-state index contributed by atoms with van der Waals surface area (Å²) < 4.78 is 2.06. The lowest BCUT2D eigenvalue weighted by molar-refractivity contribution is 0.354. The zero-order chi connectivity index (χ0) is 18.4. The maximum absolute atomic E-state index is 5.00. The summed E-state index contributed by atoms with van der Waals surface area (Å²) in [4.78, 5) is 7.30. The molecule has 1 aliphatic rings. The van der Waals surface area contributed by atoms with E-state index in [2.05, 4.69) is 74.4 Å². The lowest BCUT2D eigenvalue weighted by atomic mass is 9.92. The first kappa shape index (κ1) is 17.1. The van der Waals surface area contributed by atoms with Crippen molar-refractivity contribution in [3.05, 3.63) is 47.2 Å². The van der Waals surface area contributed by atoms with Crippen LogP contribution in [0.15, 0.2) is 30.3 Å². The molecule has 26 heavy (non-hydrogen) atoms. The highest BCUT2D eigenvalue weighted by Gasteiger charge is 2.25. The molecule has 4 rings (SSSR count). The third kappa shape index (κ3) is 2.98. The number of benzene rings is 1. The first-order valence-electron chi connectivity index (χ1n) is 9.61. The molecule has 3 aromatic rings. The van der Waals surface area contributed by atoms with Crippen LogP contribution in [-0.4, -0.2) is 27.7 Å². The molecule has 1 saturated heterocycles. The molecule has 136 valence electrons. The van der Waals surface area contributed by atoms with Crippen molar-refractivity contribution in [2.24, 2.45) is 11.8 Å². The lowest BCUT2D eigenvalue weighted by Crippen LogP contribution is -2.39. The predicted molar refractivity (Wildman–Crippen MR) is 108 cm³/mol. The summed E-state index contributed by atoms with van der Waals surface area (Å²) in [5, 5.41) is 5.00. The number of anilines is 1. The van der Waals surface area contributed by atoms with Crippen LogP contribution in [0.3, 0.4) is 0 Å². The molecule has 0 saturated carbocycles. The first-order valence-corrected chi connectivity index (χ1v) is 9.61. The van der Waals surface area contributed by atoms with Crippen molar-refractivity contribution in [3.8, 4) is 11.3 Å². The zero-order valence-corrected chi connectivity index (χ0v) is 16.5. The van der Waals surface area contributed by atoms with Gasteiger partial charge in [0.25, 0.3) is 0 Å². The summed E-state index contributed by atoms with van der Waals surface area (Å²) in [5.74, 6) is 2.58. The van der Waals surface area contributed by atoms with Crippen LogP contribution in [0.25, 0.3) is 16.9 Å². The van der Waals surface area contributed by atoms with Gasteiger partial charge in [0.1, 0.15) is 5.82 Å². The van der Waals surface area contributed by atoms with Crippen molar-refractivity contribution in [1.29, 1.82) is 0 Å². The second-order valence-corrected chi connectivity index (χ2v) is 8.19. The quantitative estimate of drug-likeness (QED) is 0.667. The fourth-order valence-corrected chi connectivity index (χ4v) is 4.37. The van der Waals surface area contributed by atoms with Crippen molar-refractivity contribution in [3.63, 3.8) is 0 Å². The van der Waals surface area contributed by atoms with Gasteiger partial charge >= 0.3 is 0 Å². The molecule has 2 atom stereocenters. The third-order valence-corrected chi connectivity index (χ3v) is 5.41. The van der Waals surface area contributed by atoms with Gasteiger partial charge < -0.3 is 4.90 Å². The molecule has 1 fully saturated rings. The summed E-state index contributed by atoms with van der Waals surface area (Å²) in [6.45, 7) is 13.2. The first-order chi connectivity index (χ1) is 12.4. The van der Waals surface area contributed by atoms with Crippen molar-refractivity contribution < 1.29 is 0 Å². The largest absolute Gasteiger partial charge is 0.356 e. The van der Waals surface area contributed by atoms with Crippen molar-refractivity contribution in [2.75, 3.05) is 18.0 Å². The van der Waals surface area contributed by atoms with E-state index >= 15 is 0 Å². The Morgan fingerprint density at radius 2 is 1.73 bits per heavy atom. The molecule has 0 spiro atoms. The van der Waals surface area contributed by atoms with E-state index in [1.807, 2.05) is 0 Å². The van der Waals surface area contributed by atoms with E-state index < -0.39 is 0 Å². The molecule has 2 aromatic heterocycles. The fraction of sp³-hybridized carbons (Fsp3) is 0.455. The highest BCUT2D eigenvalue weighted by molar-refractivity contribution is 5.72. The number of hydrogen-bond acceptors (Lipinski definition) is 3. The van der Waals surface area contributed by atoms with Gasteiger partial charge in [0, 0.05) is 36.0 Å². The number of piperidine rings is 1. The Hall–Kier alpha value is -2.36. The molecule has 1 aromatic carbocycles. The van der Waals surface area contributed by atoms with E-state index in [9.17, 15) is 0 Å². The van der Waals surface area contributed by atoms with Crippen LogP contribution in [0.1, 0.15) is 37.1 Å².